The molecule has 2 N–H and O–H groups in total. The van der Waals surface area contributed by atoms with Crippen molar-refractivity contribution in [3.8, 4) is 0 Å². The summed E-state index contributed by atoms with van der Waals surface area (Å²) in [6, 6.07) is 8.51. The number of hydrogen-bond acceptors (Lipinski definition) is 2. The van der Waals surface area contributed by atoms with Crippen LogP contribution in [0, 0.1) is 5.41 Å². The van der Waals surface area contributed by atoms with Gasteiger partial charge in [0.1, 0.15) is 0 Å². The summed E-state index contributed by atoms with van der Waals surface area (Å²) in [6.45, 7) is 6.13. The molecule has 0 fully saturated rings. The third kappa shape index (κ3) is 3.37. The molecule has 2 aromatic rings. The normalized spacial score (nSPS) is 12.2. The first-order valence-electron chi connectivity index (χ1n) is 6.88. The molecular weight excluding hydrogens is 236 g/mol. The molecule has 0 saturated carbocycles. The number of nitrogens with one attached hydrogen (secondary N) is 1. The van der Waals surface area contributed by atoms with Crippen molar-refractivity contribution >= 4 is 10.9 Å². The van der Waals surface area contributed by atoms with Gasteiger partial charge in [-0.2, -0.15) is 0 Å². The molecule has 1 aromatic carbocycles. The number of aliphatic hydroxyl groups excluding tert-OH is 1. The molecule has 0 aliphatic heterocycles. The summed E-state index contributed by atoms with van der Waals surface area (Å²) in [7, 11) is 2.09. The second-order valence-corrected chi connectivity index (χ2v) is 6.03. The molecule has 3 heteroatoms. The lowest BCUT2D eigenvalue weighted by atomic mass is 9.95. The molecule has 1 heterocycles. The highest BCUT2D eigenvalue weighted by Crippen LogP contribution is 2.20. The Balaban J connectivity index is 1.95. The number of hydrogen-bond donors (Lipinski definition) is 2. The van der Waals surface area contributed by atoms with Gasteiger partial charge in [-0.1, -0.05) is 32.0 Å². The zero-order valence-electron chi connectivity index (χ0n) is 12.1. The van der Waals surface area contributed by atoms with E-state index in [0.717, 1.165) is 19.5 Å². The maximum atomic E-state index is 9.21. The monoisotopic (exact) mass is 260 g/mol. The molecule has 104 valence electrons. The summed E-state index contributed by atoms with van der Waals surface area (Å²) in [6.07, 6.45) is 3.23. The van der Waals surface area contributed by atoms with E-state index >= 15 is 0 Å². The lowest BCUT2D eigenvalue weighted by Crippen LogP contribution is -2.33. The van der Waals surface area contributed by atoms with Crippen LogP contribution in [0.3, 0.4) is 0 Å². The van der Waals surface area contributed by atoms with Gasteiger partial charge in [0.25, 0.3) is 0 Å². The number of para-hydroxylation sites is 1. The summed E-state index contributed by atoms with van der Waals surface area (Å²) in [5, 5.41) is 14.0. The van der Waals surface area contributed by atoms with E-state index in [9.17, 15) is 5.11 Å². The third-order valence-corrected chi connectivity index (χ3v) is 3.58. The smallest absolute Gasteiger partial charge is 0.0494 e. The van der Waals surface area contributed by atoms with Crippen molar-refractivity contribution in [2.24, 2.45) is 12.5 Å². The molecule has 0 unspecified atom stereocenters. The molecule has 0 aliphatic carbocycles. The fraction of sp³-hybridized carbons (Fsp3) is 0.500. The van der Waals surface area contributed by atoms with Crippen LogP contribution < -0.4 is 5.32 Å². The number of nitrogens with zero attached hydrogens (tertiary/aromatic N) is 1. The third-order valence-electron chi connectivity index (χ3n) is 3.58. The van der Waals surface area contributed by atoms with E-state index < -0.39 is 0 Å². The Morgan fingerprint density at radius 2 is 2.00 bits per heavy atom. The predicted octanol–water partition coefficient (Wildman–Crippen LogP) is 2.33. The molecule has 0 bridgehead atoms. The van der Waals surface area contributed by atoms with Crippen LogP contribution in [0.2, 0.25) is 0 Å². The lowest BCUT2D eigenvalue weighted by Gasteiger charge is -2.21. The Kier molecular flexibility index (Phi) is 4.27. The van der Waals surface area contributed by atoms with Crippen LogP contribution in [0.15, 0.2) is 30.5 Å². The van der Waals surface area contributed by atoms with Crippen molar-refractivity contribution in [3.05, 3.63) is 36.0 Å². The summed E-state index contributed by atoms with van der Waals surface area (Å²) in [4.78, 5) is 0. The van der Waals surface area contributed by atoms with E-state index in [1.165, 1.54) is 16.5 Å². The van der Waals surface area contributed by atoms with Crippen molar-refractivity contribution in [1.29, 1.82) is 0 Å². The fourth-order valence-corrected chi connectivity index (χ4v) is 2.33. The lowest BCUT2D eigenvalue weighted by molar-refractivity contribution is 0.157. The average molecular weight is 260 g/mol. The van der Waals surface area contributed by atoms with Crippen molar-refractivity contribution in [1.82, 2.24) is 9.88 Å². The highest BCUT2D eigenvalue weighted by Gasteiger charge is 2.15. The van der Waals surface area contributed by atoms with Crippen molar-refractivity contribution in [2.75, 3.05) is 19.7 Å². The number of aryl methyl sites for hydroxylation is 1. The summed E-state index contributed by atoms with van der Waals surface area (Å²) >= 11 is 0. The molecule has 0 amide bonds. The molecule has 0 radical (unpaired) electrons. The minimum Gasteiger partial charge on any atom is -0.396 e. The van der Waals surface area contributed by atoms with Crippen LogP contribution in [0.1, 0.15) is 19.4 Å². The van der Waals surface area contributed by atoms with E-state index in [1.54, 1.807) is 0 Å². The zero-order chi connectivity index (χ0) is 13.9. The minimum absolute atomic E-state index is 0.0429. The van der Waals surface area contributed by atoms with Crippen LogP contribution in [-0.4, -0.2) is 29.4 Å². The number of aliphatic hydroxyl groups is 1. The Hall–Kier alpha value is -1.32. The van der Waals surface area contributed by atoms with Gasteiger partial charge in [0.15, 0.2) is 0 Å². The maximum Gasteiger partial charge on any atom is 0.0494 e. The van der Waals surface area contributed by atoms with Gasteiger partial charge in [-0.15, -0.1) is 0 Å². The van der Waals surface area contributed by atoms with E-state index in [-0.39, 0.29) is 12.0 Å². The first-order chi connectivity index (χ1) is 9.03. The van der Waals surface area contributed by atoms with Gasteiger partial charge in [0.2, 0.25) is 0 Å². The Morgan fingerprint density at radius 1 is 1.26 bits per heavy atom. The molecular formula is C16H24N2O. The average Bonchev–Trinajstić information content (AvgIpc) is 2.72. The zero-order valence-corrected chi connectivity index (χ0v) is 12.1. The van der Waals surface area contributed by atoms with Crippen LogP contribution in [0.5, 0.6) is 0 Å². The molecule has 2 rings (SSSR count). The van der Waals surface area contributed by atoms with Gasteiger partial charge in [-0.05, 0) is 24.6 Å². The topological polar surface area (TPSA) is 37.2 Å². The van der Waals surface area contributed by atoms with Gasteiger partial charge < -0.3 is 15.0 Å². The van der Waals surface area contributed by atoms with Gasteiger partial charge >= 0.3 is 0 Å². The van der Waals surface area contributed by atoms with Gasteiger partial charge in [-0.3, -0.25) is 0 Å². The fourth-order valence-electron chi connectivity index (χ4n) is 2.33. The van der Waals surface area contributed by atoms with Gasteiger partial charge in [-0.25, -0.2) is 0 Å². The van der Waals surface area contributed by atoms with E-state index in [4.69, 9.17) is 0 Å². The summed E-state index contributed by atoms with van der Waals surface area (Å²) in [5.41, 5.74) is 2.62. The minimum atomic E-state index is -0.0429. The Labute approximate surface area is 115 Å². The first-order valence-corrected chi connectivity index (χ1v) is 6.88. The molecule has 19 heavy (non-hydrogen) atoms. The first kappa shape index (κ1) is 14.1. The summed E-state index contributed by atoms with van der Waals surface area (Å²) < 4.78 is 2.18. The van der Waals surface area contributed by atoms with E-state index in [1.807, 2.05) is 0 Å². The molecule has 0 spiro atoms. The molecule has 0 saturated heterocycles. The van der Waals surface area contributed by atoms with Crippen LogP contribution in [0.4, 0.5) is 0 Å². The second kappa shape index (κ2) is 5.76. The predicted molar refractivity (Wildman–Crippen MR) is 80.4 cm³/mol. The number of fused-ring (bicyclic) bond motifs is 1. The highest BCUT2D eigenvalue weighted by atomic mass is 16.3. The van der Waals surface area contributed by atoms with Gasteiger partial charge in [0, 0.05) is 42.7 Å². The van der Waals surface area contributed by atoms with Crippen molar-refractivity contribution in [2.45, 2.75) is 20.3 Å². The second-order valence-electron chi connectivity index (χ2n) is 6.03. The molecule has 0 aliphatic rings. The van der Waals surface area contributed by atoms with Crippen LogP contribution >= 0.6 is 0 Å². The molecule has 0 atom stereocenters. The largest absolute Gasteiger partial charge is 0.396 e. The van der Waals surface area contributed by atoms with E-state index in [0.29, 0.717) is 0 Å². The number of aromatic nitrogens is 1. The van der Waals surface area contributed by atoms with Crippen molar-refractivity contribution in [3.63, 3.8) is 0 Å². The maximum absolute atomic E-state index is 9.21. The van der Waals surface area contributed by atoms with Crippen molar-refractivity contribution < 1.29 is 5.11 Å². The van der Waals surface area contributed by atoms with Crippen LogP contribution in [0.25, 0.3) is 10.9 Å². The quantitative estimate of drug-likeness (QED) is 0.782. The molecule has 1 aromatic heterocycles. The Bertz CT molecular complexity index is 543. The van der Waals surface area contributed by atoms with E-state index in [2.05, 4.69) is 61.2 Å². The number of benzene rings is 1. The van der Waals surface area contributed by atoms with Gasteiger partial charge in [0.05, 0.1) is 0 Å². The SMILES string of the molecule is Cn1cc(CCNCC(C)(C)CO)c2ccccc21. The Morgan fingerprint density at radius 3 is 2.74 bits per heavy atom. The molecule has 3 nitrogen and oxygen atoms in total. The van der Waals surface area contributed by atoms with Crippen LogP contribution in [-0.2, 0) is 13.5 Å². The standard InChI is InChI=1S/C16H24N2O/c1-16(2,12-19)11-17-9-8-13-10-18(3)15-7-5-4-6-14(13)15/h4-7,10,17,19H,8-9,11-12H2,1-3H3. The highest BCUT2D eigenvalue weighted by molar-refractivity contribution is 5.83. The summed E-state index contributed by atoms with van der Waals surface area (Å²) in [5.74, 6) is 0. The number of rotatable bonds is 6.